The average molecular weight is 266 g/mol. The first-order chi connectivity index (χ1) is 9.78. The zero-order valence-corrected chi connectivity index (χ0v) is 11.6. The van der Waals surface area contributed by atoms with E-state index in [-0.39, 0.29) is 0 Å². The Morgan fingerprint density at radius 3 is 2.05 bits per heavy atom. The van der Waals surface area contributed by atoms with E-state index in [4.69, 9.17) is 4.74 Å². The quantitative estimate of drug-likeness (QED) is 0.393. The molecule has 3 nitrogen and oxygen atoms in total. The third-order valence-corrected chi connectivity index (χ3v) is 2.74. The third kappa shape index (κ3) is 4.35. The first-order valence-corrected chi connectivity index (χ1v) is 6.60. The van der Waals surface area contributed by atoms with Crippen molar-refractivity contribution in [3.8, 4) is 5.75 Å². The van der Waals surface area contributed by atoms with Crippen molar-refractivity contribution in [1.82, 2.24) is 0 Å². The van der Waals surface area contributed by atoms with Gasteiger partial charge in [-0.15, -0.1) is 6.58 Å². The van der Waals surface area contributed by atoms with E-state index in [2.05, 4.69) is 16.8 Å². The zero-order chi connectivity index (χ0) is 14.2. The van der Waals surface area contributed by atoms with Crippen molar-refractivity contribution in [2.45, 2.75) is 13.3 Å². The van der Waals surface area contributed by atoms with Crippen LogP contribution >= 0.6 is 0 Å². The van der Waals surface area contributed by atoms with Crippen molar-refractivity contribution >= 4 is 11.4 Å². The lowest BCUT2D eigenvalue weighted by atomic mass is 10.2. The summed E-state index contributed by atoms with van der Waals surface area (Å²) >= 11 is 0. The van der Waals surface area contributed by atoms with Crippen LogP contribution in [0.1, 0.15) is 12.0 Å². The first-order valence-electron chi connectivity index (χ1n) is 6.60. The van der Waals surface area contributed by atoms with Crippen LogP contribution in [0.5, 0.6) is 5.75 Å². The molecule has 3 heteroatoms. The van der Waals surface area contributed by atoms with Crippen molar-refractivity contribution in [3.05, 3.63) is 66.7 Å². The highest BCUT2D eigenvalue weighted by atomic mass is 16.5. The van der Waals surface area contributed by atoms with Gasteiger partial charge in [-0.25, -0.2) is 0 Å². The van der Waals surface area contributed by atoms with Gasteiger partial charge in [0.1, 0.15) is 5.75 Å². The maximum atomic E-state index is 5.53. The molecule has 0 saturated carbocycles. The Morgan fingerprint density at radius 2 is 1.50 bits per heavy atom. The fourth-order valence-electron chi connectivity index (χ4n) is 1.60. The van der Waals surface area contributed by atoms with E-state index in [0.717, 1.165) is 23.5 Å². The fourth-order valence-corrected chi connectivity index (χ4v) is 1.60. The van der Waals surface area contributed by atoms with Crippen LogP contribution in [-0.4, -0.2) is 6.61 Å². The Morgan fingerprint density at radius 1 is 0.950 bits per heavy atom. The van der Waals surface area contributed by atoms with Crippen LogP contribution in [0, 0.1) is 6.92 Å². The number of nitrogens with zero attached hydrogens (tertiary/aromatic N) is 2. The third-order valence-electron chi connectivity index (χ3n) is 2.74. The standard InChI is InChI=1S/C17H18N2O/c1-3-4-13-20-17-11-9-16(10-12-17)19-18-15-7-5-14(2)6-8-15/h3,5-12H,1,4,13H2,2H3. The van der Waals surface area contributed by atoms with Crippen LogP contribution in [0.2, 0.25) is 0 Å². The van der Waals surface area contributed by atoms with Crippen LogP contribution in [0.25, 0.3) is 0 Å². The molecule has 0 fully saturated rings. The molecule has 0 saturated heterocycles. The molecule has 0 aliphatic heterocycles. The van der Waals surface area contributed by atoms with Gasteiger partial charge in [0.05, 0.1) is 18.0 Å². The van der Waals surface area contributed by atoms with Gasteiger partial charge in [-0.2, -0.15) is 10.2 Å². The van der Waals surface area contributed by atoms with E-state index >= 15 is 0 Å². The summed E-state index contributed by atoms with van der Waals surface area (Å²) in [6.45, 7) is 6.35. The van der Waals surface area contributed by atoms with Crippen molar-refractivity contribution in [3.63, 3.8) is 0 Å². The van der Waals surface area contributed by atoms with E-state index in [9.17, 15) is 0 Å². The van der Waals surface area contributed by atoms with E-state index in [0.29, 0.717) is 6.61 Å². The fraction of sp³-hybridized carbons (Fsp3) is 0.176. The summed E-state index contributed by atoms with van der Waals surface area (Å²) in [5.41, 5.74) is 2.87. The lowest BCUT2D eigenvalue weighted by Crippen LogP contribution is -1.94. The average Bonchev–Trinajstić information content (AvgIpc) is 2.48. The van der Waals surface area contributed by atoms with Gasteiger partial charge in [0.2, 0.25) is 0 Å². The molecule has 102 valence electrons. The number of benzene rings is 2. The predicted molar refractivity (Wildman–Crippen MR) is 82.1 cm³/mol. The topological polar surface area (TPSA) is 34.0 Å². The smallest absolute Gasteiger partial charge is 0.119 e. The second kappa shape index (κ2) is 7.24. The summed E-state index contributed by atoms with van der Waals surface area (Å²) in [4.78, 5) is 0. The number of azo groups is 1. The van der Waals surface area contributed by atoms with E-state index in [1.165, 1.54) is 5.56 Å². The lowest BCUT2D eigenvalue weighted by molar-refractivity contribution is 0.325. The summed E-state index contributed by atoms with van der Waals surface area (Å²) in [6, 6.07) is 15.5. The molecule has 2 aromatic carbocycles. The Hall–Kier alpha value is -2.42. The van der Waals surface area contributed by atoms with Crippen LogP contribution in [0.3, 0.4) is 0 Å². The van der Waals surface area contributed by atoms with Gasteiger partial charge >= 0.3 is 0 Å². The van der Waals surface area contributed by atoms with Crippen LogP contribution in [0.15, 0.2) is 71.4 Å². The largest absolute Gasteiger partial charge is 0.493 e. The van der Waals surface area contributed by atoms with Crippen molar-refractivity contribution in [2.75, 3.05) is 6.61 Å². The Balaban J connectivity index is 1.96. The number of rotatable bonds is 6. The first kappa shape index (κ1) is 14.0. The molecule has 0 radical (unpaired) electrons. The number of hydrogen-bond donors (Lipinski definition) is 0. The Labute approximate surface area is 119 Å². The number of hydrogen-bond acceptors (Lipinski definition) is 3. The molecule has 0 aliphatic rings. The summed E-state index contributed by atoms with van der Waals surface area (Å²) in [7, 11) is 0. The summed E-state index contributed by atoms with van der Waals surface area (Å²) in [5.74, 6) is 0.834. The molecule has 0 N–H and O–H groups in total. The molecule has 0 unspecified atom stereocenters. The molecule has 0 aliphatic carbocycles. The monoisotopic (exact) mass is 266 g/mol. The van der Waals surface area contributed by atoms with Crippen molar-refractivity contribution in [1.29, 1.82) is 0 Å². The minimum Gasteiger partial charge on any atom is -0.493 e. The van der Waals surface area contributed by atoms with Crippen LogP contribution < -0.4 is 4.74 Å². The second-order valence-corrected chi connectivity index (χ2v) is 4.46. The molecule has 0 heterocycles. The minimum absolute atomic E-state index is 0.647. The highest BCUT2D eigenvalue weighted by molar-refractivity contribution is 5.43. The molecule has 0 spiro atoms. The van der Waals surface area contributed by atoms with E-state index in [1.54, 1.807) is 0 Å². The molecule has 20 heavy (non-hydrogen) atoms. The van der Waals surface area contributed by atoms with Crippen LogP contribution in [0.4, 0.5) is 11.4 Å². The Kier molecular flexibility index (Phi) is 5.07. The number of ether oxygens (including phenoxy) is 1. The highest BCUT2D eigenvalue weighted by Gasteiger charge is 1.94. The van der Waals surface area contributed by atoms with Gasteiger partial charge < -0.3 is 4.74 Å². The summed E-state index contributed by atoms with van der Waals surface area (Å²) in [5, 5.41) is 8.39. The second-order valence-electron chi connectivity index (χ2n) is 4.46. The van der Waals surface area contributed by atoms with Crippen molar-refractivity contribution < 1.29 is 4.74 Å². The Bertz CT molecular complexity index is 571. The lowest BCUT2D eigenvalue weighted by Gasteiger charge is -2.03. The van der Waals surface area contributed by atoms with Gasteiger partial charge in [-0.05, 0) is 49.7 Å². The van der Waals surface area contributed by atoms with E-state index in [1.807, 2.05) is 61.5 Å². The minimum atomic E-state index is 0.647. The van der Waals surface area contributed by atoms with Gasteiger partial charge in [0.15, 0.2) is 0 Å². The maximum Gasteiger partial charge on any atom is 0.119 e. The van der Waals surface area contributed by atoms with Gasteiger partial charge in [0.25, 0.3) is 0 Å². The molecule has 2 aromatic rings. The normalized spacial score (nSPS) is 10.7. The predicted octanol–water partition coefficient (Wildman–Crippen LogP) is 5.37. The molecular formula is C17H18N2O. The summed E-state index contributed by atoms with van der Waals surface area (Å²) in [6.07, 6.45) is 2.68. The molecule has 0 amide bonds. The SMILES string of the molecule is C=CCCOc1ccc(N=Nc2ccc(C)cc2)cc1. The highest BCUT2D eigenvalue weighted by Crippen LogP contribution is 2.21. The molecule has 0 aromatic heterocycles. The van der Waals surface area contributed by atoms with Gasteiger partial charge in [-0.1, -0.05) is 23.8 Å². The molecular weight excluding hydrogens is 248 g/mol. The van der Waals surface area contributed by atoms with Gasteiger partial charge in [0, 0.05) is 0 Å². The molecule has 0 bridgehead atoms. The zero-order valence-electron chi connectivity index (χ0n) is 11.6. The maximum absolute atomic E-state index is 5.53. The van der Waals surface area contributed by atoms with Crippen LogP contribution in [-0.2, 0) is 0 Å². The van der Waals surface area contributed by atoms with E-state index < -0.39 is 0 Å². The summed E-state index contributed by atoms with van der Waals surface area (Å²) < 4.78 is 5.53. The number of aryl methyl sites for hydroxylation is 1. The molecule has 0 atom stereocenters. The van der Waals surface area contributed by atoms with Crippen molar-refractivity contribution in [2.24, 2.45) is 10.2 Å². The van der Waals surface area contributed by atoms with Gasteiger partial charge in [-0.3, -0.25) is 0 Å². The molecule has 2 rings (SSSR count).